The lowest BCUT2D eigenvalue weighted by molar-refractivity contribution is 0.332. The van der Waals surface area contributed by atoms with Crippen LogP contribution in [-0.4, -0.2) is 6.85 Å². The van der Waals surface area contributed by atoms with E-state index in [0.717, 1.165) is 57.5 Å². The van der Waals surface area contributed by atoms with E-state index in [0.29, 0.717) is 0 Å². The van der Waals surface area contributed by atoms with Crippen LogP contribution in [0.5, 0.6) is 0 Å². The number of hydrogen-bond acceptors (Lipinski definition) is 4. The van der Waals surface area contributed by atoms with Gasteiger partial charge in [-0.05, 0) is 169 Å². The normalized spacial score (nSPS) is 16.0. The van der Waals surface area contributed by atoms with Crippen LogP contribution in [0.4, 0.5) is 45.5 Å². The summed E-state index contributed by atoms with van der Waals surface area (Å²) in [5, 5.41) is 2.24. The molecule has 5 heteroatoms. The molecule has 0 N–H and O–H groups in total. The fraction of sp³-hybridized carbons (Fsp3) is 0.231. The summed E-state index contributed by atoms with van der Waals surface area (Å²) in [7, 11) is 0. The van der Waals surface area contributed by atoms with Crippen molar-refractivity contribution < 1.29 is 4.42 Å². The molecule has 0 saturated heterocycles. The summed E-state index contributed by atoms with van der Waals surface area (Å²) in [6.07, 6.45) is 2.28. The Labute approximate surface area is 491 Å². The fourth-order valence-electron chi connectivity index (χ4n) is 15.1. The minimum Gasteiger partial charge on any atom is -0.456 e. The van der Waals surface area contributed by atoms with Gasteiger partial charge in [0.2, 0.25) is 0 Å². The average molecular weight is 1080 g/mol. The van der Waals surface area contributed by atoms with Crippen LogP contribution in [0.25, 0.3) is 33.1 Å². The first-order valence-electron chi connectivity index (χ1n) is 30.1. The quantitative estimate of drug-likeness (QED) is 0.155. The van der Waals surface area contributed by atoms with Crippen molar-refractivity contribution in [2.24, 2.45) is 0 Å². The Morgan fingerprint density at radius 1 is 0.446 bits per heavy atom. The zero-order valence-corrected chi connectivity index (χ0v) is 49.9. The van der Waals surface area contributed by atoms with Gasteiger partial charge in [-0.25, -0.2) is 0 Å². The number of furan rings is 1. The van der Waals surface area contributed by atoms with E-state index < -0.39 is 5.41 Å². The molecule has 4 heterocycles. The molecule has 1 aromatic heterocycles. The van der Waals surface area contributed by atoms with Crippen molar-refractivity contribution >= 4 is 85.2 Å². The third kappa shape index (κ3) is 7.58. The number of rotatable bonds is 6. The molecule has 3 aliphatic heterocycles. The van der Waals surface area contributed by atoms with E-state index in [-0.39, 0.29) is 28.5 Å². The lowest BCUT2D eigenvalue weighted by Crippen LogP contribution is -2.63. The molecule has 10 aromatic carbocycles. The van der Waals surface area contributed by atoms with Crippen molar-refractivity contribution in [3.8, 4) is 11.1 Å². The number of benzene rings is 10. The van der Waals surface area contributed by atoms with Crippen LogP contribution in [0.2, 0.25) is 0 Å². The molecule has 0 saturated carbocycles. The number of aryl methyl sites for hydroxylation is 1. The fourth-order valence-corrected chi connectivity index (χ4v) is 15.1. The van der Waals surface area contributed by atoms with Crippen LogP contribution < -0.4 is 25.5 Å². The lowest BCUT2D eigenvalue weighted by atomic mass is 9.42. The van der Waals surface area contributed by atoms with Gasteiger partial charge in [0.15, 0.2) is 0 Å². The highest BCUT2D eigenvalue weighted by atomic mass is 16.3. The van der Waals surface area contributed by atoms with E-state index in [1.54, 1.807) is 0 Å². The molecule has 0 amide bonds. The number of para-hydroxylation sites is 3. The molecule has 0 unspecified atom stereocenters. The maximum absolute atomic E-state index is 6.98. The van der Waals surface area contributed by atoms with Crippen LogP contribution in [0, 0.1) is 6.92 Å². The van der Waals surface area contributed by atoms with E-state index in [1.165, 1.54) is 94.9 Å². The predicted octanol–water partition coefficient (Wildman–Crippen LogP) is 19.7. The molecule has 83 heavy (non-hydrogen) atoms. The molecule has 0 bridgehead atoms. The van der Waals surface area contributed by atoms with E-state index >= 15 is 0 Å². The molecular formula is C78H72BN3O. The zero-order valence-electron chi connectivity index (χ0n) is 49.9. The summed E-state index contributed by atoms with van der Waals surface area (Å²) >= 11 is 0. The molecule has 4 aliphatic rings. The Morgan fingerprint density at radius 2 is 1.01 bits per heavy atom. The van der Waals surface area contributed by atoms with Crippen LogP contribution >= 0.6 is 0 Å². The number of fused-ring (bicyclic) bond motifs is 10. The second kappa shape index (κ2) is 18.0. The smallest absolute Gasteiger partial charge is 0.333 e. The molecule has 15 rings (SSSR count). The van der Waals surface area contributed by atoms with Gasteiger partial charge in [-0.1, -0.05) is 215 Å². The molecule has 0 radical (unpaired) electrons. The van der Waals surface area contributed by atoms with Crippen molar-refractivity contribution in [1.82, 2.24) is 0 Å². The van der Waals surface area contributed by atoms with Gasteiger partial charge in [0.25, 0.3) is 0 Å². The van der Waals surface area contributed by atoms with Crippen molar-refractivity contribution in [2.75, 3.05) is 14.6 Å². The highest BCUT2D eigenvalue weighted by molar-refractivity contribution is 6.93. The standard InChI is InChI=1S/C78H72BN3O/c1-49-43-63-64(77(10,11)42-41-76(63,8)9)47-67(49)82-68-48-71-59(57-27-18-21-32-70(57)83-71)46-58(68)60-44-56(80(54-37-33-50(34-38-54)74(2,3)4)55-39-35-51(36-40-55)75(5,6)7)45-69-72(60)79(82)65-30-22-29-62-73(65)81(69)66-31-20-19-28-61(66)78(62,52-23-14-12-15-24-52)53-25-16-13-17-26-53/h12-40,43-48H,41-42H2,1-11H3. The van der Waals surface area contributed by atoms with Gasteiger partial charge in [0.1, 0.15) is 11.2 Å². The van der Waals surface area contributed by atoms with E-state index in [1.807, 2.05) is 0 Å². The third-order valence-electron chi connectivity index (χ3n) is 19.6. The summed E-state index contributed by atoms with van der Waals surface area (Å²) in [5.41, 5.74) is 27.2. The van der Waals surface area contributed by atoms with Gasteiger partial charge >= 0.3 is 6.85 Å². The topological polar surface area (TPSA) is 22.9 Å². The average Bonchev–Trinajstić information content (AvgIpc) is 0.854. The van der Waals surface area contributed by atoms with Crippen LogP contribution in [0.3, 0.4) is 0 Å². The second-order valence-electron chi connectivity index (χ2n) is 27.6. The maximum atomic E-state index is 6.98. The van der Waals surface area contributed by atoms with Gasteiger partial charge in [0.05, 0.1) is 11.1 Å². The molecule has 11 aromatic rings. The first-order valence-corrected chi connectivity index (χ1v) is 30.1. The van der Waals surface area contributed by atoms with Gasteiger partial charge in [-0.2, -0.15) is 0 Å². The number of hydrogen-bond donors (Lipinski definition) is 0. The summed E-state index contributed by atoms with van der Waals surface area (Å²) in [4.78, 5) is 7.93. The van der Waals surface area contributed by atoms with Gasteiger partial charge in [0, 0.05) is 62.2 Å². The van der Waals surface area contributed by atoms with Crippen molar-refractivity contribution in [1.29, 1.82) is 0 Å². The minimum atomic E-state index is -0.663. The lowest BCUT2D eigenvalue weighted by Gasteiger charge is -2.52. The summed E-state index contributed by atoms with van der Waals surface area (Å²) in [6.45, 7) is 25.8. The highest BCUT2D eigenvalue weighted by Crippen LogP contribution is 2.61. The molecule has 0 fully saturated rings. The Hall–Kier alpha value is -8.54. The molecule has 0 spiro atoms. The molecule has 1 aliphatic carbocycles. The number of nitrogens with zero attached hydrogens (tertiary/aromatic N) is 3. The zero-order chi connectivity index (χ0) is 57.1. The van der Waals surface area contributed by atoms with Crippen LogP contribution in [0.15, 0.2) is 217 Å². The second-order valence-corrected chi connectivity index (χ2v) is 27.6. The maximum Gasteiger partial charge on any atom is 0.333 e. The minimum absolute atomic E-state index is 0.00919. The first kappa shape index (κ1) is 51.4. The first-order chi connectivity index (χ1) is 39.8. The van der Waals surface area contributed by atoms with Gasteiger partial charge < -0.3 is 19.0 Å². The number of anilines is 8. The predicted molar refractivity (Wildman–Crippen MR) is 351 cm³/mol. The molecular weight excluding hydrogens is 1010 g/mol. The van der Waals surface area contributed by atoms with Crippen molar-refractivity contribution in [3.63, 3.8) is 0 Å². The van der Waals surface area contributed by atoms with Crippen molar-refractivity contribution in [2.45, 2.75) is 116 Å². The monoisotopic (exact) mass is 1080 g/mol. The van der Waals surface area contributed by atoms with Gasteiger partial charge in [-0.15, -0.1) is 0 Å². The van der Waals surface area contributed by atoms with Gasteiger partial charge in [-0.3, -0.25) is 0 Å². The summed E-state index contributed by atoms with van der Waals surface area (Å²) in [6, 6.07) is 81.4. The van der Waals surface area contributed by atoms with Crippen LogP contribution in [-0.2, 0) is 27.1 Å². The van der Waals surface area contributed by atoms with E-state index in [2.05, 4.69) is 303 Å². The Bertz CT molecular complexity index is 4330. The third-order valence-corrected chi connectivity index (χ3v) is 19.6. The molecule has 0 atom stereocenters. The van der Waals surface area contributed by atoms with Crippen LogP contribution in [0.1, 0.15) is 132 Å². The SMILES string of the molecule is Cc1cc2c(cc1N1B3c4cccc5c4N(c4ccccc4C5(c4ccccc4)c4ccccc4)c4cc(N(c5ccc(C(C)(C)C)cc5)c5ccc(C(C)(C)C)cc5)cc(c43)-c3cc4c(cc31)oc1ccccc14)C(C)(C)CCC2(C)C. The Kier molecular flexibility index (Phi) is 11.1. The molecule has 4 nitrogen and oxygen atoms in total. The Balaban J connectivity index is 1.11. The van der Waals surface area contributed by atoms with E-state index in [9.17, 15) is 0 Å². The summed E-state index contributed by atoms with van der Waals surface area (Å²) < 4.78 is 6.98. The largest absolute Gasteiger partial charge is 0.456 e. The Morgan fingerprint density at radius 3 is 1.64 bits per heavy atom. The molecule has 408 valence electrons. The highest BCUT2D eigenvalue weighted by Gasteiger charge is 2.54. The van der Waals surface area contributed by atoms with E-state index in [4.69, 9.17) is 4.42 Å². The van der Waals surface area contributed by atoms with Crippen molar-refractivity contribution in [3.05, 3.63) is 262 Å². The summed E-state index contributed by atoms with van der Waals surface area (Å²) in [5.74, 6) is 0.